The summed E-state index contributed by atoms with van der Waals surface area (Å²) >= 11 is 0. The lowest BCUT2D eigenvalue weighted by Gasteiger charge is -2.28. The van der Waals surface area contributed by atoms with Gasteiger partial charge in [0.15, 0.2) is 5.82 Å². The smallest absolute Gasteiger partial charge is 0.305 e. The first-order valence-electron chi connectivity index (χ1n) is 9.21. The zero-order chi connectivity index (χ0) is 19.3. The molecule has 144 valence electrons. The topological polar surface area (TPSA) is 100 Å². The number of nitrogens with zero attached hydrogens (tertiary/aromatic N) is 4. The Labute approximate surface area is 162 Å². The van der Waals surface area contributed by atoms with Crippen LogP contribution in [0.25, 0.3) is 22.3 Å². The largest absolute Gasteiger partial charge is 0.481 e. The Morgan fingerprint density at radius 1 is 1.14 bits per heavy atom. The molecular formula is C20H21N5O3. The molecule has 1 fully saturated rings. The summed E-state index contributed by atoms with van der Waals surface area (Å²) in [7, 11) is 0. The molecule has 2 aromatic heterocycles. The first kappa shape index (κ1) is 18.1. The number of benzene rings is 1. The van der Waals surface area contributed by atoms with Crippen molar-refractivity contribution in [3.8, 4) is 11.3 Å². The van der Waals surface area contributed by atoms with Gasteiger partial charge in [0.2, 0.25) is 0 Å². The van der Waals surface area contributed by atoms with Crippen LogP contribution in [0.2, 0.25) is 0 Å². The van der Waals surface area contributed by atoms with Crippen LogP contribution in [0, 0.1) is 0 Å². The molecule has 0 radical (unpaired) electrons. The van der Waals surface area contributed by atoms with Gasteiger partial charge in [0, 0.05) is 43.3 Å². The fourth-order valence-electron chi connectivity index (χ4n) is 3.20. The van der Waals surface area contributed by atoms with Crippen LogP contribution in [0.1, 0.15) is 6.42 Å². The SMILES string of the molecule is O=C(O)CCNc1nc(-c2ccc(N3CCOCC3)cc2)cc2nccnc12. The van der Waals surface area contributed by atoms with Crippen LogP contribution in [0.15, 0.2) is 42.7 Å². The lowest BCUT2D eigenvalue weighted by Crippen LogP contribution is -2.36. The molecule has 1 saturated heterocycles. The number of hydrogen-bond acceptors (Lipinski definition) is 7. The van der Waals surface area contributed by atoms with Gasteiger partial charge in [0.25, 0.3) is 0 Å². The van der Waals surface area contributed by atoms with E-state index < -0.39 is 5.97 Å². The number of carbonyl (C=O) groups is 1. The molecule has 8 nitrogen and oxygen atoms in total. The Bertz CT molecular complexity index is 971. The number of pyridine rings is 1. The zero-order valence-electron chi connectivity index (χ0n) is 15.3. The maximum atomic E-state index is 10.8. The second kappa shape index (κ2) is 8.18. The highest BCUT2D eigenvalue weighted by atomic mass is 16.5. The second-order valence-electron chi connectivity index (χ2n) is 6.50. The second-order valence-corrected chi connectivity index (χ2v) is 6.50. The normalized spacial score (nSPS) is 14.2. The van der Waals surface area contributed by atoms with E-state index >= 15 is 0 Å². The van der Waals surface area contributed by atoms with Crippen molar-refractivity contribution in [2.75, 3.05) is 43.1 Å². The Balaban J connectivity index is 1.63. The number of fused-ring (bicyclic) bond motifs is 1. The first-order chi connectivity index (χ1) is 13.7. The lowest BCUT2D eigenvalue weighted by molar-refractivity contribution is -0.136. The summed E-state index contributed by atoms with van der Waals surface area (Å²) in [5.74, 6) is -0.322. The van der Waals surface area contributed by atoms with Crippen molar-refractivity contribution in [3.05, 3.63) is 42.7 Å². The summed E-state index contributed by atoms with van der Waals surface area (Å²) in [5.41, 5.74) is 4.22. The number of ether oxygens (including phenoxy) is 1. The summed E-state index contributed by atoms with van der Waals surface area (Å²) < 4.78 is 5.41. The first-order valence-corrected chi connectivity index (χ1v) is 9.21. The highest BCUT2D eigenvalue weighted by Gasteiger charge is 2.13. The van der Waals surface area contributed by atoms with Crippen LogP contribution in [-0.2, 0) is 9.53 Å². The minimum Gasteiger partial charge on any atom is -0.481 e. The van der Waals surface area contributed by atoms with Gasteiger partial charge in [-0.25, -0.2) is 9.97 Å². The highest BCUT2D eigenvalue weighted by Crippen LogP contribution is 2.27. The maximum Gasteiger partial charge on any atom is 0.305 e. The molecular weight excluding hydrogens is 358 g/mol. The Morgan fingerprint density at radius 3 is 2.64 bits per heavy atom. The Morgan fingerprint density at radius 2 is 1.89 bits per heavy atom. The minimum absolute atomic E-state index is 0.00189. The van der Waals surface area contributed by atoms with Crippen LogP contribution in [-0.4, -0.2) is 58.9 Å². The van der Waals surface area contributed by atoms with Crippen LogP contribution in [0.3, 0.4) is 0 Å². The van der Waals surface area contributed by atoms with Crippen molar-refractivity contribution in [1.82, 2.24) is 15.0 Å². The van der Waals surface area contributed by atoms with E-state index in [0.29, 0.717) is 16.9 Å². The van der Waals surface area contributed by atoms with Gasteiger partial charge in [-0.2, -0.15) is 0 Å². The van der Waals surface area contributed by atoms with Gasteiger partial charge in [0.1, 0.15) is 5.52 Å². The van der Waals surface area contributed by atoms with Crippen LogP contribution >= 0.6 is 0 Å². The summed E-state index contributed by atoms with van der Waals surface area (Å²) in [6, 6.07) is 10.1. The molecule has 0 unspecified atom stereocenters. The third kappa shape index (κ3) is 4.01. The van der Waals surface area contributed by atoms with Crippen molar-refractivity contribution in [2.45, 2.75) is 6.42 Å². The molecule has 3 aromatic rings. The number of hydrogen-bond donors (Lipinski definition) is 2. The Kier molecular flexibility index (Phi) is 5.29. The van der Waals surface area contributed by atoms with E-state index in [1.165, 1.54) is 0 Å². The number of morpholine rings is 1. The Hall–Kier alpha value is -3.26. The fraction of sp³-hybridized carbons (Fsp3) is 0.300. The predicted molar refractivity (Wildman–Crippen MR) is 107 cm³/mol. The van der Waals surface area contributed by atoms with Crippen LogP contribution < -0.4 is 10.2 Å². The molecule has 0 amide bonds. The molecule has 1 aromatic carbocycles. The molecule has 1 aliphatic rings. The van der Waals surface area contributed by atoms with Gasteiger partial charge >= 0.3 is 5.97 Å². The summed E-state index contributed by atoms with van der Waals surface area (Å²) in [5, 5.41) is 11.9. The van der Waals surface area contributed by atoms with Gasteiger partial charge in [-0.3, -0.25) is 9.78 Å². The van der Waals surface area contributed by atoms with Gasteiger partial charge in [-0.1, -0.05) is 12.1 Å². The van der Waals surface area contributed by atoms with E-state index in [1.54, 1.807) is 12.4 Å². The standard InChI is InChI=1S/C20H21N5O3/c26-18(27)5-6-23-20-19-17(21-7-8-22-19)13-16(24-20)14-1-3-15(4-2-14)25-9-11-28-12-10-25/h1-4,7-8,13H,5-6,9-12H2,(H,23,24)(H,26,27). The molecule has 1 aliphatic heterocycles. The van der Waals surface area contributed by atoms with Crippen molar-refractivity contribution >= 4 is 28.5 Å². The lowest BCUT2D eigenvalue weighted by atomic mass is 10.1. The molecule has 0 bridgehead atoms. The fourth-order valence-corrected chi connectivity index (χ4v) is 3.20. The molecule has 2 N–H and O–H groups in total. The molecule has 8 heteroatoms. The number of aliphatic carboxylic acids is 1. The third-order valence-electron chi connectivity index (χ3n) is 4.63. The molecule has 4 rings (SSSR count). The molecule has 0 atom stereocenters. The van der Waals surface area contributed by atoms with Crippen LogP contribution in [0.5, 0.6) is 0 Å². The predicted octanol–water partition coefficient (Wildman–Crippen LogP) is 2.42. The molecule has 0 spiro atoms. The highest BCUT2D eigenvalue weighted by molar-refractivity contribution is 5.88. The average molecular weight is 379 g/mol. The number of nitrogens with one attached hydrogen (secondary N) is 1. The monoisotopic (exact) mass is 379 g/mol. The molecule has 0 aliphatic carbocycles. The van der Waals surface area contributed by atoms with Crippen LogP contribution in [0.4, 0.5) is 11.5 Å². The van der Waals surface area contributed by atoms with Crippen molar-refractivity contribution in [3.63, 3.8) is 0 Å². The quantitative estimate of drug-likeness (QED) is 0.673. The van der Waals surface area contributed by atoms with E-state index in [-0.39, 0.29) is 13.0 Å². The number of rotatable bonds is 6. The number of anilines is 2. The van der Waals surface area contributed by atoms with E-state index in [4.69, 9.17) is 9.84 Å². The summed E-state index contributed by atoms with van der Waals surface area (Å²) in [6.45, 7) is 3.55. The van der Waals surface area contributed by atoms with Gasteiger partial charge in [-0.05, 0) is 18.2 Å². The van der Waals surface area contributed by atoms with Gasteiger partial charge in [-0.15, -0.1) is 0 Å². The van der Waals surface area contributed by atoms with E-state index in [9.17, 15) is 4.79 Å². The number of carboxylic acid groups (broad SMARTS) is 1. The van der Waals surface area contributed by atoms with Gasteiger partial charge < -0.3 is 20.1 Å². The van der Waals surface area contributed by atoms with E-state index in [2.05, 4.69) is 37.3 Å². The van der Waals surface area contributed by atoms with Crippen molar-refractivity contribution in [1.29, 1.82) is 0 Å². The molecule has 28 heavy (non-hydrogen) atoms. The summed E-state index contributed by atoms with van der Waals surface area (Å²) in [4.78, 5) is 26.5. The summed E-state index contributed by atoms with van der Waals surface area (Å²) in [6.07, 6.45) is 3.24. The average Bonchev–Trinajstić information content (AvgIpc) is 2.74. The minimum atomic E-state index is -0.863. The van der Waals surface area contributed by atoms with E-state index in [0.717, 1.165) is 43.2 Å². The third-order valence-corrected chi connectivity index (χ3v) is 4.63. The number of aromatic nitrogens is 3. The van der Waals surface area contributed by atoms with Gasteiger partial charge in [0.05, 0.1) is 30.8 Å². The molecule has 3 heterocycles. The van der Waals surface area contributed by atoms with Crippen molar-refractivity contribution in [2.24, 2.45) is 0 Å². The van der Waals surface area contributed by atoms with E-state index in [1.807, 2.05) is 18.2 Å². The maximum absolute atomic E-state index is 10.8. The zero-order valence-corrected chi connectivity index (χ0v) is 15.3. The molecule has 0 saturated carbocycles. The van der Waals surface area contributed by atoms with Crippen molar-refractivity contribution < 1.29 is 14.6 Å². The number of carboxylic acids is 1.